The standard InChI is InChI=1S/2C18H15N2.C9H16O2.Ir/c2*1-13-5-3-7-15(9-13)17-11-18(20-12-19-17)16-8-4-6-14(2)10-16;1-6(2)8(10)5-9(11)7(3)4;/h2*3-11H,1-2H3;6-7H,5H2,1-4H3;/q2*-1;;+3. The number of hydrogen-bond acceptors (Lipinski definition) is 6. The fraction of sp³-hybridized carbons (Fsp3) is 0.244. The normalized spacial score (nSPS) is 10.3. The molecule has 7 heteroatoms. The van der Waals surface area contributed by atoms with E-state index in [4.69, 9.17) is 0 Å². The summed E-state index contributed by atoms with van der Waals surface area (Å²) < 4.78 is 0. The van der Waals surface area contributed by atoms with Crippen molar-refractivity contribution in [2.75, 3.05) is 0 Å². The topological polar surface area (TPSA) is 85.7 Å². The zero-order chi connectivity index (χ0) is 36.9. The van der Waals surface area contributed by atoms with E-state index in [1.165, 1.54) is 22.3 Å². The fourth-order valence-corrected chi connectivity index (χ4v) is 5.04. The summed E-state index contributed by atoms with van der Waals surface area (Å²) in [6.07, 6.45) is 5.64. The van der Waals surface area contributed by atoms with E-state index in [1.807, 2.05) is 64.1 Å². The summed E-state index contributed by atoms with van der Waals surface area (Å²) in [4.78, 5) is 39.1. The SMILES string of the molecule is CC(C)C(=O)CC(=O)C(C)C.Cc1cccc(-c2cc(-c3cccc(C)c3)n[c-]n2)c1.Cc1cccc(-c2cc(-c3cccc(C)c3)n[c-]n2)c1.[Ir+3]. The van der Waals surface area contributed by atoms with Crippen molar-refractivity contribution in [3.05, 3.63) is 144 Å². The molecule has 2 heterocycles. The molecule has 0 N–H and O–H groups in total. The third-order valence-corrected chi connectivity index (χ3v) is 8.12. The maximum absolute atomic E-state index is 11.0. The van der Waals surface area contributed by atoms with Crippen LogP contribution in [0.25, 0.3) is 45.0 Å². The second-order valence-electron chi connectivity index (χ2n) is 13.4. The average molecular weight is 867 g/mol. The van der Waals surface area contributed by atoms with Crippen LogP contribution in [-0.2, 0) is 29.7 Å². The number of aryl methyl sites for hydroxylation is 4. The van der Waals surface area contributed by atoms with Crippen molar-refractivity contribution in [2.45, 2.75) is 61.8 Å². The summed E-state index contributed by atoms with van der Waals surface area (Å²) in [6, 6.07) is 37.2. The molecule has 0 saturated heterocycles. The van der Waals surface area contributed by atoms with E-state index in [0.717, 1.165) is 45.0 Å². The van der Waals surface area contributed by atoms with Gasteiger partial charge in [-0.25, -0.2) is 0 Å². The molecule has 4 aromatic carbocycles. The van der Waals surface area contributed by atoms with Gasteiger partial charge in [-0.05, 0) is 50.5 Å². The number of carbonyl (C=O) groups excluding carboxylic acids is 2. The van der Waals surface area contributed by atoms with Crippen LogP contribution in [0.3, 0.4) is 0 Å². The monoisotopic (exact) mass is 867 g/mol. The van der Waals surface area contributed by atoms with Gasteiger partial charge >= 0.3 is 20.1 Å². The van der Waals surface area contributed by atoms with E-state index in [2.05, 4.69) is 133 Å². The maximum Gasteiger partial charge on any atom is 3.00 e. The van der Waals surface area contributed by atoms with Crippen molar-refractivity contribution in [3.8, 4) is 45.0 Å². The van der Waals surface area contributed by atoms with Gasteiger partial charge in [0.05, 0.1) is 6.42 Å². The van der Waals surface area contributed by atoms with Crippen LogP contribution in [0.1, 0.15) is 56.4 Å². The second-order valence-corrected chi connectivity index (χ2v) is 13.4. The number of nitrogens with zero attached hydrogens (tertiary/aromatic N) is 4. The molecule has 0 fully saturated rings. The van der Waals surface area contributed by atoms with Crippen molar-refractivity contribution >= 4 is 11.6 Å². The Morgan fingerprint density at radius 3 is 0.923 bits per heavy atom. The van der Waals surface area contributed by atoms with E-state index in [0.29, 0.717) is 0 Å². The molecular weight excluding hydrogens is 821 g/mol. The van der Waals surface area contributed by atoms with Crippen LogP contribution in [-0.4, -0.2) is 31.5 Å². The molecule has 0 spiro atoms. The van der Waals surface area contributed by atoms with Gasteiger partial charge in [0.15, 0.2) is 0 Å². The van der Waals surface area contributed by atoms with E-state index in [-0.39, 0.29) is 49.9 Å². The van der Waals surface area contributed by atoms with Crippen LogP contribution >= 0.6 is 0 Å². The number of hydrogen-bond donors (Lipinski definition) is 0. The maximum atomic E-state index is 11.0. The minimum atomic E-state index is -0.0160. The Hall–Kier alpha value is -4.97. The number of ketones is 2. The molecule has 52 heavy (non-hydrogen) atoms. The van der Waals surface area contributed by atoms with Crippen molar-refractivity contribution in [1.29, 1.82) is 0 Å². The average Bonchev–Trinajstić information content (AvgIpc) is 3.12. The van der Waals surface area contributed by atoms with Gasteiger partial charge < -0.3 is 19.9 Å². The molecule has 0 saturated carbocycles. The molecule has 0 aliphatic carbocycles. The zero-order valence-corrected chi connectivity index (χ0v) is 33.6. The summed E-state index contributed by atoms with van der Waals surface area (Å²) in [5, 5.41) is 0. The Kier molecular flexibility index (Phi) is 16.1. The van der Waals surface area contributed by atoms with Crippen LogP contribution in [0.15, 0.2) is 109 Å². The molecule has 6 aromatic rings. The van der Waals surface area contributed by atoms with Gasteiger partial charge in [0, 0.05) is 24.5 Å². The Bertz CT molecular complexity index is 1820. The smallest absolute Gasteiger partial charge is 0.366 e. The molecule has 2 aromatic heterocycles. The zero-order valence-electron chi connectivity index (χ0n) is 31.2. The van der Waals surface area contributed by atoms with E-state index < -0.39 is 0 Å². The number of aromatic nitrogens is 4. The van der Waals surface area contributed by atoms with Gasteiger partial charge in [0.2, 0.25) is 0 Å². The molecule has 0 aliphatic heterocycles. The summed E-state index contributed by atoms with van der Waals surface area (Å²) in [5.41, 5.74) is 12.9. The Morgan fingerprint density at radius 2 is 0.712 bits per heavy atom. The van der Waals surface area contributed by atoms with Crippen molar-refractivity contribution in [1.82, 2.24) is 19.9 Å². The molecule has 0 amide bonds. The minimum absolute atomic E-state index is 0. The van der Waals surface area contributed by atoms with Gasteiger partial charge in [-0.1, -0.05) is 169 Å². The predicted molar refractivity (Wildman–Crippen MR) is 207 cm³/mol. The largest absolute Gasteiger partial charge is 3.00 e. The second kappa shape index (κ2) is 20.2. The van der Waals surface area contributed by atoms with Crippen molar-refractivity contribution in [3.63, 3.8) is 0 Å². The predicted octanol–water partition coefficient (Wildman–Crippen LogP) is 10.3. The summed E-state index contributed by atoms with van der Waals surface area (Å²) in [7, 11) is 0. The molecular formula is C45H46IrN4O2+. The number of rotatable bonds is 8. The third-order valence-electron chi connectivity index (χ3n) is 8.12. The first-order valence-electron chi connectivity index (χ1n) is 17.2. The first-order chi connectivity index (χ1) is 24.4. The Balaban J connectivity index is 0.000000219. The van der Waals surface area contributed by atoms with E-state index >= 15 is 0 Å². The molecule has 0 bridgehead atoms. The molecule has 266 valence electrons. The Labute approximate surface area is 322 Å². The summed E-state index contributed by atoms with van der Waals surface area (Å²) >= 11 is 0. The van der Waals surface area contributed by atoms with Gasteiger partial charge in [-0.15, -0.1) is 12.1 Å². The Morgan fingerprint density at radius 1 is 0.462 bits per heavy atom. The molecule has 0 unspecified atom stereocenters. The molecule has 0 atom stereocenters. The van der Waals surface area contributed by atoms with Gasteiger partial charge in [0.1, 0.15) is 11.6 Å². The third kappa shape index (κ3) is 12.7. The number of Topliss-reactive ketones (excluding diaryl/α,β-unsaturated/α-hetero) is 2. The van der Waals surface area contributed by atoms with Gasteiger partial charge in [0.25, 0.3) is 0 Å². The molecule has 6 nitrogen and oxygen atoms in total. The summed E-state index contributed by atoms with van der Waals surface area (Å²) in [6.45, 7) is 15.6. The van der Waals surface area contributed by atoms with E-state index in [9.17, 15) is 9.59 Å². The van der Waals surface area contributed by atoms with Gasteiger partial charge in [-0.3, -0.25) is 9.59 Å². The molecule has 0 radical (unpaired) electrons. The van der Waals surface area contributed by atoms with Gasteiger partial charge in [-0.2, -0.15) is 0 Å². The fourth-order valence-electron chi connectivity index (χ4n) is 5.04. The minimum Gasteiger partial charge on any atom is -0.366 e. The number of benzene rings is 4. The summed E-state index contributed by atoms with van der Waals surface area (Å²) in [5.74, 6) is 0.0581. The first kappa shape index (κ1) is 41.5. The van der Waals surface area contributed by atoms with Crippen LogP contribution in [0.4, 0.5) is 0 Å². The van der Waals surface area contributed by atoms with Crippen LogP contribution < -0.4 is 0 Å². The molecule has 6 rings (SSSR count). The number of carbonyl (C=O) groups is 2. The van der Waals surface area contributed by atoms with Crippen LogP contribution in [0.5, 0.6) is 0 Å². The first-order valence-corrected chi connectivity index (χ1v) is 17.2. The quantitative estimate of drug-likeness (QED) is 0.112. The van der Waals surface area contributed by atoms with Crippen molar-refractivity contribution < 1.29 is 29.7 Å². The van der Waals surface area contributed by atoms with Crippen molar-refractivity contribution in [2.24, 2.45) is 11.8 Å². The van der Waals surface area contributed by atoms with E-state index in [1.54, 1.807) is 0 Å². The van der Waals surface area contributed by atoms with Crippen LogP contribution in [0.2, 0.25) is 0 Å². The van der Waals surface area contributed by atoms with Crippen LogP contribution in [0, 0.1) is 52.2 Å². The molecule has 0 aliphatic rings.